The minimum absolute atomic E-state index is 0.0211. The Balaban J connectivity index is 2.31. The zero-order valence-corrected chi connectivity index (χ0v) is 14.2. The molecule has 0 radical (unpaired) electrons. The van der Waals surface area contributed by atoms with Crippen LogP contribution < -0.4 is 0 Å². The van der Waals surface area contributed by atoms with Gasteiger partial charge in [0.2, 0.25) is 0 Å². The molecule has 0 aliphatic carbocycles. The summed E-state index contributed by atoms with van der Waals surface area (Å²) in [6.45, 7) is 1.93. The fourth-order valence-corrected chi connectivity index (χ4v) is 2.79. The van der Waals surface area contributed by atoms with Crippen molar-refractivity contribution in [2.75, 3.05) is 0 Å². The molecule has 1 atom stereocenters. The van der Waals surface area contributed by atoms with Crippen molar-refractivity contribution in [1.29, 1.82) is 5.26 Å². The molecule has 0 N–H and O–H groups in total. The fourth-order valence-electron chi connectivity index (χ4n) is 2.41. The van der Waals surface area contributed by atoms with E-state index in [1.165, 1.54) is 6.07 Å². The van der Waals surface area contributed by atoms with Crippen molar-refractivity contribution in [3.8, 4) is 6.07 Å². The van der Waals surface area contributed by atoms with E-state index in [0.29, 0.717) is 12.0 Å². The highest BCUT2D eigenvalue weighted by Crippen LogP contribution is 2.33. The molecule has 0 bridgehead atoms. The highest BCUT2D eigenvalue weighted by molar-refractivity contribution is 9.10. The normalized spacial score (nSPS) is 12.5. The molecule has 2 rings (SSSR count). The predicted molar refractivity (Wildman–Crippen MR) is 93.9 cm³/mol. The van der Waals surface area contributed by atoms with Gasteiger partial charge >= 0.3 is 0 Å². The summed E-state index contributed by atoms with van der Waals surface area (Å²) in [6, 6.07) is 16.7. The first-order valence-electron chi connectivity index (χ1n) is 7.07. The molecule has 0 aromatic heterocycles. The Morgan fingerprint density at radius 2 is 2.04 bits per heavy atom. The molecule has 0 aliphatic rings. The second-order valence-electron chi connectivity index (χ2n) is 5.25. The monoisotopic (exact) mass is 370 g/mol. The molecule has 0 fully saturated rings. The van der Waals surface area contributed by atoms with E-state index in [0.717, 1.165) is 15.6 Å². The highest BCUT2D eigenvalue weighted by Gasteiger charge is 2.22. The van der Waals surface area contributed by atoms with Crippen LogP contribution in [0, 0.1) is 21.4 Å². The van der Waals surface area contributed by atoms with Crippen LogP contribution in [0.25, 0.3) is 6.08 Å². The van der Waals surface area contributed by atoms with Gasteiger partial charge in [-0.2, -0.15) is 5.26 Å². The van der Waals surface area contributed by atoms with Gasteiger partial charge in [0.05, 0.1) is 16.9 Å². The molecule has 0 spiro atoms. The summed E-state index contributed by atoms with van der Waals surface area (Å²) in [5.74, 6) is -0.562. The van der Waals surface area contributed by atoms with Gasteiger partial charge in [0.15, 0.2) is 0 Å². The van der Waals surface area contributed by atoms with Crippen molar-refractivity contribution in [3.05, 3.63) is 79.8 Å². The Hall–Kier alpha value is -2.45. The van der Waals surface area contributed by atoms with Gasteiger partial charge in [-0.3, -0.25) is 10.1 Å². The minimum atomic E-state index is -0.562. The second-order valence-corrected chi connectivity index (χ2v) is 6.16. The third-order valence-electron chi connectivity index (χ3n) is 3.46. The number of nitro groups is 1. The van der Waals surface area contributed by atoms with Crippen molar-refractivity contribution in [3.63, 3.8) is 0 Å². The number of hydrogen-bond acceptors (Lipinski definition) is 3. The molecule has 0 heterocycles. The van der Waals surface area contributed by atoms with Gasteiger partial charge < -0.3 is 0 Å². The molecule has 23 heavy (non-hydrogen) atoms. The van der Waals surface area contributed by atoms with Crippen LogP contribution in [0.1, 0.15) is 30.4 Å². The highest BCUT2D eigenvalue weighted by atomic mass is 79.9. The number of nitriles is 1. The molecular formula is C18H15BrN2O2. The number of benzene rings is 2. The number of nitrogens with zero attached hydrogens (tertiary/aromatic N) is 2. The molecule has 116 valence electrons. The third kappa shape index (κ3) is 4.51. The lowest BCUT2D eigenvalue weighted by molar-refractivity contribution is -0.385. The van der Waals surface area contributed by atoms with Gasteiger partial charge in [0, 0.05) is 16.1 Å². The van der Waals surface area contributed by atoms with E-state index in [2.05, 4.69) is 22.0 Å². The first-order chi connectivity index (χ1) is 11.0. The maximum absolute atomic E-state index is 11.2. The number of rotatable bonds is 5. The fraction of sp³-hybridized carbons (Fsp3) is 0.167. The van der Waals surface area contributed by atoms with Gasteiger partial charge in [-0.25, -0.2) is 0 Å². The van der Waals surface area contributed by atoms with Gasteiger partial charge in [-0.1, -0.05) is 57.9 Å². The maximum Gasteiger partial charge on any atom is 0.274 e. The Kier molecular flexibility index (Phi) is 5.67. The lowest BCUT2D eigenvalue weighted by Gasteiger charge is -2.11. The van der Waals surface area contributed by atoms with Crippen LogP contribution in [0.3, 0.4) is 0 Å². The summed E-state index contributed by atoms with van der Waals surface area (Å²) in [6.07, 6.45) is 2.44. The van der Waals surface area contributed by atoms with Gasteiger partial charge in [0.25, 0.3) is 5.69 Å². The Morgan fingerprint density at radius 1 is 1.35 bits per heavy atom. The number of allylic oxidation sites excluding steroid dienone is 1. The molecule has 0 saturated heterocycles. The molecule has 0 aliphatic heterocycles. The number of nitro benzene ring substituents is 1. The molecule has 2 aromatic carbocycles. The average molecular weight is 371 g/mol. The maximum atomic E-state index is 11.2. The standard InChI is InChI=1S/C18H15BrN2O2/c1-13(9-14-5-3-2-4-6-14)10-15(12-20)17-11-16(19)7-8-18(17)21(22)23/h2-9,11,15H,10H2,1H3/b13-9+. The largest absolute Gasteiger partial charge is 0.274 e. The summed E-state index contributed by atoms with van der Waals surface area (Å²) in [5.41, 5.74) is 2.46. The van der Waals surface area contributed by atoms with Crippen LogP contribution >= 0.6 is 15.9 Å². The predicted octanol–water partition coefficient (Wildman–Crippen LogP) is 5.46. The van der Waals surface area contributed by atoms with Crippen molar-refractivity contribution >= 4 is 27.7 Å². The van der Waals surface area contributed by atoms with Crippen LogP contribution in [0.5, 0.6) is 0 Å². The average Bonchev–Trinajstić information content (AvgIpc) is 2.53. The van der Waals surface area contributed by atoms with Crippen molar-refractivity contribution in [2.24, 2.45) is 0 Å². The molecule has 5 heteroatoms. The summed E-state index contributed by atoms with van der Waals surface area (Å²) in [7, 11) is 0. The zero-order valence-electron chi connectivity index (χ0n) is 12.6. The second kappa shape index (κ2) is 7.70. The zero-order chi connectivity index (χ0) is 16.8. The van der Waals surface area contributed by atoms with E-state index in [4.69, 9.17) is 0 Å². The summed E-state index contributed by atoms with van der Waals surface area (Å²) in [5, 5.41) is 20.7. The molecular weight excluding hydrogens is 356 g/mol. The minimum Gasteiger partial charge on any atom is -0.258 e. The van der Waals surface area contributed by atoms with E-state index in [-0.39, 0.29) is 5.69 Å². The van der Waals surface area contributed by atoms with Crippen LogP contribution in [0.15, 0.2) is 58.6 Å². The molecule has 4 nitrogen and oxygen atoms in total. The topological polar surface area (TPSA) is 66.9 Å². The van der Waals surface area contributed by atoms with Crippen LogP contribution in [-0.4, -0.2) is 4.92 Å². The van der Waals surface area contributed by atoms with Crippen LogP contribution in [-0.2, 0) is 0 Å². The van der Waals surface area contributed by atoms with E-state index in [1.807, 2.05) is 43.3 Å². The Bertz CT molecular complexity index is 779. The van der Waals surface area contributed by atoms with Gasteiger partial charge in [0.1, 0.15) is 0 Å². The van der Waals surface area contributed by atoms with E-state index < -0.39 is 10.8 Å². The lowest BCUT2D eigenvalue weighted by atomic mass is 9.91. The molecule has 2 aromatic rings. The van der Waals surface area contributed by atoms with Crippen LogP contribution in [0.4, 0.5) is 5.69 Å². The quantitative estimate of drug-likeness (QED) is 0.518. The number of halogens is 1. The molecule has 1 unspecified atom stereocenters. The van der Waals surface area contributed by atoms with Crippen LogP contribution in [0.2, 0.25) is 0 Å². The Labute approximate surface area is 143 Å². The van der Waals surface area contributed by atoms with E-state index in [9.17, 15) is 15.4 Å². The molecule has 0 amide bonds. The summed E-state index contributed by atoms with van der Waals surface area (Å²) < 4.78 is 0.725. The van der Waals surface area contributed by atoms with Gasteiger partial charge in [-0.15, -0.1) is 0 Å². The SMILES string of the molecule is C/C(=C\c1ccccc1)CC(C#N)c1cc(Br)ccc1[N+](=O)[O-]. The number of hydrogen-bond donors (Lipinski definition) is 0. The van der Waals surface area contributed by atoms with E-state index in [1.54, 1.807) is 12.1 Å². The third-order valence-corrected chi connectivity index (χ3v) is 3.95. The Morgan fingerprint density at radius 3 is 2.65 bits per heavy atom. The molecule has 0 saturated carbocycles. The lowest BCUT2D eigenvalue weighted by Crippen LogP contribution is -2.02. The van der Waals surface area contributed by atoms with Crippen molar-refractivity contribution < 1.29 is 4.92 Å². The summed E-state index contributed by atoms with van der Waals surface area (Å²) >= 11 is 3.32. The van der Waals surface area contributed by atoms with Gasteiger partial charge in [-0.05, 0) is 31.0 Å². The first-order valence-corrected chi connectivity index (χ1v) is 7.86. The first kappa shape index (κ1) is 16.9. The van der Waals surface area contributed by atoms with E-state index >= 15 is 0 Å². The van der Waals surface area contributed by atoms with Crippen molar-refractivity contribution in [2.45, 2.75) is 19.3 Å². The summed E-state index contributed by atoms with van der Waals surface area (Å²) in [4.78, 5) is 10.8. The van der Waals surface area contributed by atoms with Crippen molar-refractivity contribution in [1.82, 2.24) is 0 Å². The smallest absolute Gasteiger partial charge is 0.258 e.